The van der Waals surface area contributed by atoms with Crippen LogP contribution < -0.4 is 4.90 Å². The standard InChI is InChI=1S/C14H18ClNO2/c1-18-10-11-4-6-16(7-5-11)14-8-13(15)3-2-12(14)9-17/h2-3,8-9,11H,4-7,10H2,1H3. The van der Waals surface area contributed by atoms with Crippen molar-refractivity contribution in [2.45, 2.75) is 12.8 Å². The smallest absolute Gasteiger partial charge is 0.152 e. The van der Waals surface area contributed by atoms with E-state index in [1.165, 1.54) is 0 Å². The number of benzene rings is 1. The fourth-order valence-electron chi connectivity index (χ4n) is 2.47. The molecule has 1 heterocycles. The molecule has 0 spiro atoms. The molecule has 1 saturated heterocycles. The minimum atomic E-state index is 0.630. The molecule has 0 saturated carbocycles. The Labute approximate surface area is 113 Å². The Hall–Kier alpha value is -1.06. The monoisotopic (exact) mass is 267 g/mol. The molecule has 1 aliphatic rings. The Morgan fingerprint density at radius 3 is 2.78 bits per heavy atom. The zero-order valence-corrected chi connectivity index (χ0v) is 11.3. The number of carbonyl (C=O) groups is 1. The van der Waals surface area contributed by atoms with Crippen molar-refractivity contribution in [3.05, 3.63) is 28.8 Å². The van der Waals surface area contributed by atoms with E-state index in [0.29, 0.717) is 16.5 Å². The number of aldehydes is 1. The predicted octanol–water partition coefficient (Wildman–Crippen LogP) is 3.02. The lowest BCUT2D eigenvalue weighted by Crippen LogP contribution is -2.35. The summed E-state index contributed by atoms with van der Waals surface area (Å²) in [5, 5.41) is 0.676. The largest absolute Gasteiger partial charge is 0.384 e. The normalized spacial score (nSPS) is 16.9. The average Bonchev–Trinajstić information content (AvgIpc) is 2.40. The number of hydrogen-bond donors (Lipinski definition) is 0. The van der Waals surface area contributed by atoms with Crippen molar-refractivity contribution in [3.63, 3.8) is 0 Å². The summed E-state index contributed by atoms with van der Waals surface area (Å²) in [6.45, 7) is 2.73. The van der Waals surface area contributed by atoms with Gasteiger partial charge in [-0.3, -0.25) is 4.79 Å². The first kappa shape index (κ1) is 13.4. The molecule has 1 aliphatic heterocycles. The maximum atomic E-state index is 11.1. The van der Waals surface area contributed by atoms with Crippen LogP contribution in [0.2, 0.25) is 5.02 Å². The molecule has 1 aromatic rings. The van der Waals surface area contributed by atoms with Crippen LogP contribution in [0.4, 0.5) is 5.69 Å². The summed E-state index contributed by atoms with van der Waals surface area (Å²) in [4.78, 5) is 13.3. The molecule has 0 atom stereocenters. The maximum absolute atomic E-state index is 11.1. The molecule has 2 rings (SSSR count). The molecule has 3 nitrogen and oxygen atoms in total. The van der Waals surface area contributed by atoms with E-state index in [2.05, 4.69) is 4.90 Å². The van der Waals surface area contributed by atoms with Crippen LogP contribution in [-0.4, -0.2) is 33.1 Å². The number of rotatable bonds is 4. The number of carbonyl (C=O) groups excluding carboxylic acids is 1. The van der Waals surface area contributed by atoms with Crippen LogP contribution in [0.5, 0.6) is 0 Å². The van der Waals surface area contributed by atoms with Crippen LogP contribution in [0.1, 0.15) is 23.2 Å². The molecule has 4 heteroatoms. The molecule has 0 N–H and O–H groups in total. The minimum absolute atomic E-state index is 0.630. The number of ether oxygens (including phenoxy) is 1. The highest BCUT2D eigenvalue weighted by atomic mass is 35.5. The van der Waals surface area contributed by atoms with Gasteiger partial charge in [0.25, 0.3) is 0 Å². The van der Waals surface area contributed by atoms with Gasteiger partial charge in [-0.1, -0.05) is 11.6 Å². The maximum Gasteiger partial charge on any atom is 0.152 e. The second kappa shape index (κ2) is 6.21. The highest BCUT2D eigenvalue weighted by molar-refractivity contribution is 6.31. The molecule has 98 valence electrons. The van der Waals surface area contributed by atoms with Gasteiger partial charge in [0.2, 0.25) is 0 Å². The Balaban J connectivity index is 2.09. The summed E-state index contributed by atoms with van der Waals surface area (Å²) in [5.41, 5.74) is 1.66. The molecular weight excluding hydrogens is 250 g/mol. The molecule has 0 unspecified atom stereocenters. The SMILES string of the molecule is COCC1CCN(c2cc(Cl)ccc2C=O)CC1. The molecule has 0 radical (unpaired) electrons. The van der Waals surface area contributed by atoms with Crippen molar-refractivity contribution in [1.82, 2.24) is 0 Å². The lowest BCUT2D eigenvalue weighted by Gasteiger charge is -2.34. The van der Waals surface area contributed by atoms with E-state index in [0.717, 1.165) is 44.5 Å². The number of anilines is 1. The average molecular weight is 268 g/mol. The lowest BCUT2D eigenvalue weighted by atomic mass is 9.97. The van der Waals surface area contributed by atoms with E-state index in [-0.39, 0.29) is 0 Å². The van der Waals surface area contributed by atoms with Crippen LogP contribution in [0.3, 0.4) is 0 Å². The van der Waals surface area contributed by atoms with Gasteiger partial charge in [0.1, 0.15) is 0 Å². The highest BCUT2D eigenvalue weighted by Crippen LogP contribution is 2.28. The third kappa shape index (κ3) is 3.03. The summed E-state index contributed by atoms with van der Waals surface area (Å²) >= 11 is 6.01. The molecule has 0 aliphatic carbocycles. The van der Waals surface area contributed by atoms with Crippen molar-refractivity contribution >= 4 is 23.6 Å². The summed E-state index contributed by atoms with van der Waals surface area (Å²) < 4.78 is 5.19. The third-order valence-corrected chi connectivity index (χ3v) is 3.71. The third-order valence-electron chi connectivity index (χ3n) is 3.48. The van der Waals surface area contributed by atoms with Crippen molar-refractivity contribution in [3.8, 4) is 0 Å². The Kier molecular flexibility index (Phi) is 4.61. The highest BCUT2D eigenvalue weighted by Gasteiger charge is 2.21. The van der Waals surface area contributed by atoms with E-state index < -0.39 is 0 Å². The first-order valence-corrected chi connectivity index (χ1v) is 6.61. The van der Waals surface area contributed by atoms with E-state index >= 15 is 0 Å². The minimum Gasteiger partial charge on any atom is -0.384 e. The van der Waals surface area contributed by atoms with Gasteiger partial charge in [0.15, 0.2) is 6.29 Å². The van der Waals surface area contributed by atoms with Gasteiger partial charge < -0.3 is 9.64 Å². The number of methoxy groups -OCH3 is 1. The quantitative estimate of drug-likeness (QED) is 0.786. The van der Waals surface area contributed by atoms with Gasteiger partial charge >= 0.3 is 0 Å². The van der Waals surface area contributed by atoms with Crippen LogP contribution in [0, 0.1) is 5.92 Å². The van der Waals surface area contributed by atoms with Crippen LogP contribution in [0.15, 0.2) is 18.2 Å². The van der Waals surface area contributed by atoms with Gasteiger partial charge in [-0.25, -0.2) is 0 Å². The van der Waals surface area contributed by atoms with Gasteiger partial charge in [-0.05, 0) is 37.0 Å². The zero-order chi connectivity index (χ0) is 13.0. The van der Waals surface area contributed by atoms with E-state index in [1.807, 2.05) is 6.07 Å². The van der Waals surface area contributed by atoms with Crippen LogP contribution >= 0.6 is 11.6 Å². The number of hydrogen-bond acceptors (Lipinski definition) is 3. The number of nitrogens with zero attached hydrogens (tertiary/aromatic N) is 1. The van der Waals surface area contributed by atoms with Crippen LogP contribution in [0.25, 0.3) is 0 Å². The van der Waals surface area contributed by atoms with E-state index in [9.17, 15) is 4.79 Å². The van der Waals surface area contributed by atoms with E-state index in [1.54, 1.807) is 19.2 Å². The Bertz CT molecular complexity index is 414. The number of halogens is 1. The van der Waals surface area contributed by atoms with Crippen molar-refractivity contribution in [1.29, 1.82) is 0 Å². The van der Waals surface area contributed by atoms with Gasteiger partial charge in [0, 0.05) is 43.1 Å². The predicted molar refractivity (Wildman–Crippen MR) is 73.7 cm³/mol. The second-order valence-electron chi connectivity index (χ2n) is 4.71. The molecular formula is C14H18ClNO2. The fraction of sp³-hybridized carbons (Fsp3) is 0.500. The molecule has 0 bridgehead atoms. The topological polar surface area (TPSA) is 29.5 Å². The van der Waals surface area contributed by atoms with Gasteiger partial charge in [0.05, 0.1) is 0 Å². The van der Waals surface area contributed by atoms with Crippen molar-refractivity contribution in [2.75, 3.05) is 31.7 Å². The summed E-state index contributed by atoms with van der Waals surface area (Å²) in [6.07, 6.45) is 3.09. The van der Waals surface area contributed by atoms with Gasteiger partial charge in [-0.2, -0.15) is 0 Å². The van der Waals surface area contributed by atoms with Gasteiger partial charge in [-0.15, -0.1) is 0 Å². The molecule has 1 fully saturated rings. The van der Waals surface area contributed by atoms with Crippen molar-refractivity contribution < 1.29 is 9.53 Å². The first-order valence-electron chi connectivity index (χ1n) is 6.23. The molecule has 0 aromatic heterocycles. The summed E-state index contributed by atoms with van der Waals surface area (Å²) in [7, 11) is 1.74. The lowest BCUT2D eigenvalue weighted by molar-refractivity contribution is 0.112. The first-order chi connectivity index (χ1) is 8.74. The summed E-state index contributed by atoms with van der Waals surface area (Å²) in [5.74, 6) is 0.630. The second-order valence-corrected chi connectivity index (χ2v) is 5.14. The fourth-order valence-corrected chi connectivity index (χ4v) is 2.63. The van der Waals surface area contributed by atoms with E-state index in [4.69, 9.17) is 16.3 Å². The van der Waals surface area contributed by atoms with Crippen LogP contribution in [-0.2, 0) is 4.74 Å². The van der Waals surface area contributed by atoms with Crippen molar-refractivity contribution in [2.24, 2.45) is 5.92 Å². The molecule has 18 heavy (non-hydrogen) atoms. The summed E-state index contributed by atoms with van der Waals surface area (Å²) in [6, 6.07) is 5.42. The molecule has 1 aromatic carbocycles. The Morgan fingerprint density at radius 2 is 2.17 bits per heavy atom. The Morgan fingerprint density at radius 1 is 1.44 bits per heavy atom. The zero-order valence-electron chi connectivity index (χ0n) is 10.6. The molecule has 0 amide bonds. The number of piperidine rings is 1.